The second kappa shape index (κ2) is 4.52. The van der Waals surface area contributed by atoms with Crippen LogP contribution in [0, 0.1) is 11.3 Å². The van der Waals surface area contributed by atoms with Gasteiger partial charge < -0.3 is 9.64 Å². The van der Waals surface area contributed by atoms with Crippen LogP contribution in [0.15, 0.2) is 0 Å². The summed E-state index contributed by atoms with van der Waals surface area (Å²) >= 11 is 0. The second-order valence-electron chi connectivity index (χ2n) is 6.85. The molecule has 1 aliphatic heterocycles. The lowest BCUT2D eigenvalue weighted by atomic mass is 9.72. The number of hydrogen-bond donors (Lipinski definition) is 0. The summed E-state index contributed by atoms with van der Waals surface area (Å²) in [5, 5.41) is 0. The van der Waals surface area contributed by atoms with Gasteiger partial charge in [-0.3, -0.25) is 4.79 Å². The number of ether oxygens (including phenoxy) is 1. The van der Waals surface area contributed by atoms with Gasteiger partial charge in [0.1, 0.15) is 5.60 Å². The van der Waals surface area contributed by atoms with E-state index in [-0.39, 0.29) is 12.0 Å². The lowest BCUT2D eigenvalue weighted by molar-refractivity contribution is -0.148. The Balaban J connectivity index is 2.80. The minimum absolute atomic E-state index is 0.103. The van der Waals surface area contributed by atoms with Crippen molar-refractivity contribution in [3.8, 4) is 0 Å². The summed E-state index contributed by atoms with van der Waals surface area (Å²) in [6.45, 7) is 11.1. The molecule has 18 heavy (non-hydrogen) atoms. The van der Waals surface area contributed by atoms with E-state index >= 15 is 0 Å². The molecule has 1 saturated heterocycles. The molecule has 0 spiro atoms. The number of carbonyl (C=O) groups is 2. The topological polar surface area (TPSA) is 46.6 Å². The highest BCUT2D eigenvalue weighted by atomic mass is 19.1. The average molecular weight is 259 g/mol. The molecular weight excluding hydrogens is 237 g/mol. The molecule has 0 aliphatic carbocycles. The van der Waals surface area contributed by atoms with Crippen LogP contribution in [0.1, 0.15) is 41.5 Å². The van der Waals surface area contributed by atoms with Gasteiger partial charge in [-0.15, -0.1) is 0 Å². The molecule has 0 aromatic carbocycles. The van der Waals surface area contributed by atoms with Crippen LogP contribution in [0.5, 0.6) is 0 Å². The Labute approximate surface area is 107 Å². The van der Waals surface area contributed by atoms with E-state index in [1.165, 1.54) is 4.90 Å². The average Bonchev–Trinajstić information content (AvgIpc) is 1.91. The normalized spacial score (nSPS) is 24.5. The van der Waals surface area contributed by atoms with E-state index in [1.54, 1.807) is 20.8 Å². The number of likely N-dealkylation sites (tertiary alicyclic amines) is 1. The molecule has 1 fully saturated rings. The first-order chi connectivity index (χ1) is 7.93. The minimum atomic E-state index is -1.35. The zero-order valence-electron chi connectivity index (χ0n) is 11.9. The molecule has 2 atom stereocenters. The van der Waals surface area contributed by atoms with Crippen LogP contribution >= 0.6 is 0 Å². The summed E-state index contributed by atoms with van der Waals surface area (Å²) in [5.74, 6) is -0.725. The Kier molecular flexibility index (Phi) is 3.75. The molecule has 0 radical (unpaired) electrons. The summed E-state index contributed by atoms with van der Waals surface area (Å²) in [5.41, 5.74) is -0.952. The molecule has 1 heterocycles. The Hall–Kier alpha value is -1.13. The molecule has 1 rings (SSSR count). The van der Waals surface area contributed by atoms with E-state index in [0.29, 0.717) is 0 Å². The summed E-state index contributed by atoms with van der Waals surface area (Å²) in [6, 6.07) is -1.79. The highest BCUT2D eigenvalue weighted by Crippen LogP contribution is 2.39. The lowest BCUT2D eigenvalue weighted by Crippen LogP contribution is -2.66. The van der Waals surface area contributed by atoms with Crippen LogP contribution in [0.2, 0.25) is 0 Å². The van der Waals surface area contributed by atoms with Crippen LogP contribution in [-0.2, 0) is 9.53 Å². The number of halogens is 1. The van der Waals surface area contributed by atoms with E-state index in [9.17, 15) is 14.0 Å². The maximum atomic E-state index is 12.9. The monoisotopic (exact) mass is 259 g/mol. The van der Waals surface area contributed by atoms with Crippen LogP contribution in [0.3, 0.4) is 0 Å². The summed E-state index contributed by atoms with van der Waals surface area (Å²) in [7, 11) is 0. The Morgan fingerprint density at radius 2 is 1.67 bits per heavy atom. The van der Waals surface area contributed by atoms with Gasteiger partial charge in [-0.2, -0.15) is 4.39 Å². The first-order valence-corrected chi connectivity index (χ1v) is 6.12. The van der Waals surface area contributed by atoms with Gasteiger partial charge in [-0.25, -0.2) is 4.79 Å². The zero-order chi connectivity index (χ0) is 14.3. The van der Waals surface area contributed by atoms with Crippen molar-refractivity contribution < 1.29 is 18.7 Å². The van der Waals surface area contributed by atoms with Crippen molar-refractivity contribution in [1.82, 2.24) is 4.90 Å². The molecule has 2 unspecified atom stereocenters. The van der Waals surface area contributed by atoms with Gasteiger partial charge in [0.25, 0.3) is 0 Å². The molecule has 0 saturated carbocycles. The SMILES string of the molecule is CC(C)(C)OC(=O)N1CC(C(=O)F)C1C(C)(C)C. The predicted molar refractivity (Wildman–Crippen MR) is 65.8 cm³/mol. The Bertz CT molecular complexity index is 354. The Morgan fingerprint density at radius 1 is 1.17 bits per heavy atom. The van der Waals surface area contributed by atoms with Gasteiger partial charge in [0.15, 0.2) is 0 Å². The highest BCUT2D eigenvalue weighted by Gasteiger charge is 2.52. The van der Waals surface area contributed by atoms with Gasteiger partial charge in [0.2, 0.25) is 0 Å². The summed E-state index contributed by atoms with van der Waals surface area (Å²) < 4.78 is 18.1. The predicted octanol–water partition coefficient (Wildman–Crippen LogP) is 2.76. The largest absolute Gasteiger partial charge is 0.444 e. The van der Waals surface area contributed by atoms with E-state index in [2.05, 4.69) is 0 Å². The third-order valence-electron chi connectivity index (χ3n) is 2.92. The molecule has 0 aromatic heterocycles. The molecular formula is C13H22FNO3. The standard InChI is InChI=1S/C13H22FNO3/c1-12(2,3)9-8(10(14)16)7-15(9)11(17)18-13(4,5)6/h8-9H,7H2,1-6H3. The first-order valence-electron chi connectivity index (χ1n) is 6.12. The quantitative estimate of drug-likeness (QED) is 0.680. The Morgan fingerprint density at radius 3 is 2.00 bits per heavy atom. The van der Waals surface area contributed by atoms with E-state index in [4.69, 9.17) is 4.74 Å². The van der Waals surface area contributed by atoms with Crippen molar-refractivity contribution in [3.63, 3.8) is 0 Å². The number of hydrogen-bond acceptors (Lipinski definition) is 3. The van der Waals surface area contributed by atoms with Crippen molar-refractivity contribution in [2.24, 2.45) is 11.3 Å². The van der Waals surface area contributed by atoms with Gasteiger partial charge in [0, 0.05) is 6.54 Å². The maximum absolute atomic E-state index is 12.9. The molecule has 1 aliphatic rings. The summed E-state index contributed by atoms with van der Waals surface area (Å²) in [4.78, 5) is 24.3. The van der Waals surface area contributed by atoms with Crippen LogP contribution in [-0.4, -0.2) is 35.2 Å². The fourth-order valence-corrected chi connectivity index (χ4v) is 2.28. The van der Waals surface area contributed by atoms with Crippen LogP contribution < -0.4 is 0 Å². The fraction of sp³-hybridized carbons (Fsp3) is 0.846. The van der Waals surface area contributed by atoms with Crippen molar-refractivity contribution in [1.29, 1.82) is 0 Å². The number of carbonyl (C=O) groups excluding carboxylic acids is 2. The van der Waals surface area contributed by atoms with Crippen LogP contribution in [0.4, 0.5) is 9.18 Å². The minimum Gasteiger partial charge on any atom is -0.444 e. The van der Waals surface area contributed by atoms with Gasteiger partial charge >= 0.3 is 12.1 Å². The van der Waals surface area contributed by atoms with Gasteiger partial charge in [-0.05, 0) is 26.2 Å². The third-order valence-corrected chi connectivity index (χ3v) is 2.92. The smallest absolute Gasteiger partial charge is 0.410 e. The van der Waals surface area contributed by atoms with Crippen molar-refractivity contribution in [2.75, 3.05) is 6.54 Å². The van der Waals surface area contributed by atoms with E-state index < -0.39 is 29.7 Å². The van der Waals surface area contributed by atoms with E-state index in [1.807, 2.05) is 20.8 Å². The third kappa shape index (κ3) is 3.21. The fourth-order valence-electron chi connectivity index (χ4n) is 2.28. The van der Waals surface area contributed by atoms with Crippen molar-refractivity contribution in [3.05, 3.63) is 0 Å². The van der Waals surface area contributed by atoms with E-state index in [0.717, 1.165) is 0 Å². The second-order valence-corrected chi connectivity index (χ2v) is 6.85. The van der Waals surface area contributed by atoms with Gasteiger partial charge in [0.05, 0.1) is 12.0 Å². The number of nitrogens with zero attached hydrogens (tertiary/aromatic N) is 1. The van der Waals surface area contributed by atoms with Crippen LogP contribution in [0.25, 0.3) is 0 Å². The van der Waals surface area contributed by atoms with Crippen molar-refractivity contribution in [2.45, 2.75) is 53.2 Å². The number of rotatable bonds is 1. The molecule has 4 nitrogen and oxygen atoms in total. The molecule has 0 aromatic rings. The van der Waals surface area contributed by atoms with Crippen molar-refractivity contribution >= 4 is 12.1 Å². The molecule has 0 N–H and O–H groups in total. The highest BCUT2D eigenvalue weighted by molar-refractivity contribution is 5.78. The molecule has 104 valence electrons. The molecule has 5 heteroatoms. The first kappa shape index (κ1) is 14.9. The summed E-state index contributed by atoms with van der Waals surface area (Å²) in [6.07, 6.45) is -0.486. The zero-order valence-corrected chi connectivity index (χ0v) is 11.9. The molecule has 1 amide bonds. The lowest BCUT2D eigenvalue weighted by Gasteiger charge is -2.51. The number of amides is 1. The van der Waals surface area contributed by atoms with Gasteiger partial charge in [-0.1, -0.05) is 20.8 Å². The molecule has 0 bridgehead atoms. The maximum Gasteiger partial charge on any atom is 0.410 e.